The molecule has 2 heterocycles. The second kappa shape index (κ2) is 6.51. The van der Waals surface area contributed by atoms with Crippen molar-refractivity contribution in [2.45, 2.75) is 44.3 Å². The van der Waals surface area contributed by atoms with Gasteiger partial charge < -0.3 is 15.1 Å². The zero-order chi connectivity index (χ0) is 14.8. The number of likely N-dealkylation sites (tertiary alicyclic amines) is 1. The fraction of sp³-hybridized carbons (Fsp3) is 0.688. The van der Waals surface area contributed by atoms with Gasteiger partial charge in [0.2, 0.25) is 0 Å². The van der Waals surface area contributed by atoms with Crippen molar-refractivity contribution in [1.82, 2.24) is 15.2 Å². The summed E-state index contributed by atoms with van der Waals surface area (Å²) in [5, 5.41) is 4.29. The van der Waals surface area contributed by atoms with E-state index in [2.05, 4.69) is 40.3 Å². The molecule has 3 rings (SSSR count). The van der Waals surface area contributed by atoms with Crippen LogP contribution in [0.4, 0.5) is 5.82 Å². The average molecular weight is 309 g/mol. The first kappa shape index (κ1) is 15.1. The molecule has 4 nitrogen and oxygen atoms in total. The van der Waals surface area contributed by atoms with E-state index >= 15 is 0 Å². The number of halogens is 1. The molecule has 5 heteroatoms. The molecule has 1 saturated heterocycles. The number of rotatable bonds is 5. The molecular weight excluding hydrogens is 284 g/mol. The molecule has 1 saturated carbocycles. The van der Waals surface area contributed by atoms with Crippen LogP contribution in [0.25, 0.3) is 0 Å². The number of nitrogens with one attached hydrogen (secondary N) is 1. The van der Waals surface area contributed by atoms with E-state index in [0.717, 1.165) is 29.5 Å². The lowest BCUT2D eigenvalue weighted by Crippen LogP contribution is -2.45. The quantitative estimate of drug-likeness (QED) is 0.906. The van der Waals surface area contributed by atoms with Crippen LogP contribution in [0.3, 0.4) is 0 Å². The number of hydrogen-bond donors (Lipinski definition) is 1. The minimum absolute atomic E-state index is 0.543. The first-order valence-electron chi connectivity index (χ1n) is 7.92. The van der Waals surface area contributed by atoms with Gasteiger partial charge in [0, 0.05) is 38.4 Å². The Morgan fingerprint density at radius 1 is 1.43 bits per heavy atom. The summed E-state index contributed by atoms with van der Waals surface area (Å²) in [6.45, 7) is 3.16. The van der Waals surface area contributed by atoms with E-state index in [1.54, 1.807) is 6.20 Å². The summed E-state index contributed by atoms with van der Waals surface area (Å²) in [6.07, 6.45) is 6.88. The van der Waals surface area contributed by atoms with Gasteiger partial charge in [-0.1, -0.05) is 11.6 Å². The largest absolute Gasteiger partial charge is 0.355 e. The molecule has 1 N–H and O–H groups in total. The molecule has 0 radical (unpaired) electrons. The molecule has 1 aromatic heterocycles. The lowest BCUT2D eigenvalue weighted by atomic mass is 10.0. The Morgan fingerprint density at radius 2 is 2.24 bits per heavy atom. The topological polar surface area (TPSA) is 31.4 Å². The second-order valence-corrected chi connectivity index (χ2v) is 6.87. The van der Waals surface area contributed by atoms with Gasteiger partial charge in [0.1, 0.15) is 5.82 Å². The second-order valence-electron chi connectivity index (χ2n) is 6.46. The third-order valence-corrected chi connectivity index (χ3v) is 4.93. The maximum absolute atomic E-state index is 6.28. The summed E-state index contributed by atoms with van der Waals surface area (Å²) in [4.78, 5) is 9.24. The number of aromatic nitrogens is 1. The highest BCUT2D eigenvalue weighted by Crippen LogP contribution is 2.25. The molecule has 2 aliphatic rings. The smallest absolute Gasteiger partial charge is 0.128 e. The minimum Gasteiger partial charge on any atom is -0.355 e. The standard InChI is InChI=1S/C16H25ClN4/c1-20-7-3-4-14(11-20)21(2)16-8-12(15(17)10-19-16)9-18-13-5-6-13/h8,10,13-14,18H,3-7,9,11H2,1-2H3. The van der Waals surface area contributed by atoms with Gasteiger partial charge in [-0.05, 0) is 50.9 Å². The van der Waals surface area contributed by atoms with Gasteiger partial charge in [-0.3, -0.25) is 0 Å². The highest BCUT2D eigenvalue weighted by Gasteiger charge is 2.23. The van der Waals surface area contributed by atoms with Gasteiger partial charge in [-0.2, -0.15) is 0 Å². The third-order valence-electron chi connectivity index (χ3n) is 4.59. The van der Waals surface area contributed by atoms with Crippen LogP contribution in [0.2, 0.25) is 5.02 Å². The van der Waals surface area contributed by atoms with E-state index < -0.39 is 0 Å². The van der Waals surface area contributed by atoms with E-state index in [-0.39, 0.29) is 0 Å². The predicted molar refractivity (Wildman–Crippen MR) is 88.0 cm³/mol. The number of hydrogen-bond acceptors (Lipinski definition) is 4. The van der Waals surface area contributed by atoms with E-state index in [4.69, 9.17) is 11.6 Å². The molecule has 1 atom stereocenters. The number of anilines is 1. The van der Waals surface area contributed by atoms with Crippen molar-refractivity contribution in [2.24, 2.45) is 0 Å². The van der Waals surface area contributed by atoms with Crippen LogP contribution in [0, 0.1) is 0 Å². The van der Waals surface area contributed by atoms with Gasteiger partial charge in [0.25, 0.3) is 0 Å². The molecule has 0 aromatic carbocycles. The highest BCUT2D eigenvalue weighted by atomic mass is 35.5. The predicted octanol–water partition coefficient (Wildman–Crippen LogP) is 2.52. The summed E-state index contributed by atoms with van der Waals surface area (Å²) in [6, 6.07) is 3.39. The zero-order valence-electron chi connectivity index (χ0n) is 13.0. The number of piperidine rings is 1. The Bertz CT molecular complexity index is 489. The van der Waals surface area contributed by atoms with Gasteiger partial charge >= 0.3 is 0 Å². The number of pyridine rings is 1. The lowest BCUT2D eigenvalue weighted by molar-refractivity contribution is 0.247. The first-order chi connectivity index (χ1) is 10.1. The van der Waals surface area contributed by atoms with Gasteiger partial charge in [0.15, 0.2) is 0 Å². The molecule has 2 fully saturated rings. The number of nitrogens with zero attached hydrogens (tertiary/aromatic N) is 3. The molecular formula is C16H25ClN4. The van der Waals surface area contributed by atoms with Crippen LogP contribution in [0.1, 0.15) is 31.2 Å². The molecule has 21 heavy (non-hydrogen) atoms. The lowest BCUT2D eigenvalue weighted by Gasteiger charge is -2.36. The monoisotopic (exact) mass is 308 g/mol. The van der Waals surface area contributed by atoms with Crippen molar-refractivity contribution in [3.8, 4) is 0 Å². The summed E-state index contributed by atoms with van der Waals surface area (Å²) in [5.74, 6) is 1.03. The Balaban J connectivity index is 1.69. The van der Waals surface area contributed by atoms with Gasteiger partial charge in [0.05, 0.1) is 5.02 Å². The van der Waals surface area contributed by atoms with Gasteiger partial charge in [-0.15, -0.1) is 0 Å². The molecule has 0 spiro atoms. The molecule has 116 valence electrons. The van der Waals surface area contributed by atoms with Crippen molar-refractivity contribution in [3.05, 3.63) is 22.8 Å². The van der Waals surface area contributed by atoms with Crippen molar-refractivity contribution < 1.29 is 0 Å². The van der Waals surface area contributed by atoms with Crippen LogP contribution >= 0.6 is 11.6 Å². The van der Waals surface area contributed by atoms with Crippen molar-refractivity contribution >= 4 is 17.4 Å². The summed E-state index contributed by atoms with van der Waals surface area (Å²) >= 11 is 6.28. The SMILES string of the molecule is CN1CCCC(N(C)c2cc(CNC3CC3)c(Cl)cn2)C1. The maximum atomic E-state index is 6.28. The van der Waals surface area contributed by atoms with E-state index in [1.807, 2.05) is 0 Å². The van der Waals surface area contributed by atoms with E-state index in [9.17, 15) is 0 Å². The normalized spacial score (nSPS) is 23.3. The fourth-order valence-corrected chi connectivity index (χ4v) is 3.15. The number of likely N-dealkylation sites (N-methyl/N-ethyl adjacent to an activating group) is 2. The zero-order valence-corrected chi connectivity index (χ0v) is 13.7. The van der Waals surface area contributed by atoms with E-state index in [1.165, 1.54) is 32.2 Å². The average Bonchev–Trinajstić information content (AvgIpc) is 3.30. The summed E-state index contributed by atoms with van der Waals surface area (Å²) < 4.78 is 0. The minimum atomic E-state index is 0.543. The molecule has 1 aliphatic carbocycles. The Hall–Kier alpha value is -0.840. The Labute approximate surface area is 132 Å². The van der Waals surface area contributed by atoms with Crippen molar-refractivity contribution in [3.63, 3.8) is 0 Å². The Kier molecular flexibility index (Phi) is 4.67. The molecule has 1 aliphatic heterocycles. The van der Waals surface area contributed by atoms with E-state index in [0.29, 0.717) is 12.1 Å². The van der Waals surface area contributed by atoms with Crippen molar-refractivity contribution in [2.75, 3.05) is 32.1 Å². The molecule has 0 amide bonds. The van der Waals surface area contributed by atoms with Crippen LogP contribution < -0.4 is 10.2 Å². The highest BCUT2D eigenvalue weighted by molar-refractivity contribution is 6.31. The fourth-order valence-electron chi connectivity index (χ4n) is 2.98. The molecule has 1 aromatic rings. The molecule has 0 bridgehead atoms. The summed E-state index contributed by atoms with van der Waals surface area (Å²) in [5.41, 5.74) is 1.16. The van der Waals surface area contributed by atoms with Crippen molar-refractivity contribution in [1.29, 1.82) is 0 Å². The maximum Gasteiger partial charge on any atom is 0.128 e. The van der Waals surface area contributed by atoms with Crippen LogP contribution in [-0.2, 0) is 6.54 Å². The van der Waals surface area contributed by atoms with Crippen LogP contribution in [0.15, 0.2) is 12.3 Å². The Morgan fingerprint density at radius 3 is 2.95 bits per heavy atom. The first-order valence-corrected chi connectivity index (χ1v) is 8.30. The summed E-state index contributed by atoms with van der Waals surface area (Å²) in [7, 11) is 4.35. The van der Waals surface area contributed by atoms with Gasteiger partial charge in [-0.25, -0.2) is 4.98 Å². The third kappa shape index (κ3) is 3.87. The molecule has 1 unspecified atom stereocenters. The van der Waals surface area contributed by atoms with Crippen LogP contribution in [0.5, 0.6) is 0 Å². The van der Waals surface area contributed by atoms with Crippen LogP contribution in [-0.4, -0.2) is 49.2 Å².